The van der Waals surface area contributed by atoms with E-state index in [1.165, 1.54) is 11.3 Å². The van der Waals surface area contributed by atoms with Crippen LogP contribution in [0.15, 0.2) is 48.0 Å². The Labute approximate surface area is 178 Å². The Morgan fingerprint density at radius 2 is 2.27 bits per heavy atom. The van der Waals surface area contributed by atoms with Gasteiger partial charge in [0.1, 0.15) is 12.7 Å². The van der Waals surface area contributed by atoms with Crippen molar-refractivity contribution in [3.05, 3.63) is 48.0 Å². The fourth-order valence-electron chi connectivity index (χ4n) is 3.18. The number of hydrogen-bond donors (Lipinski definition) is 1. The second-order valence-electron chi connectivity index (χ2n) is 6.65. The topological polar surface area (TPSA) is 83.8 Å². The minimum absolute atomic E-state index is 0.0225. The van der Waals surface area contributed by atoms with Gasteiger partial charge in [-0.2, -0.15) is 5.10 Å². The average molecular weight is 429 g/mol. The molecule has 4 rings (SSSR count). The summed E-state index contributed by atoms with van der Waals surface area (Å²) < 4.78 is 24.0. The Bertz CT molecular complexity index is 967. The smallest absolute Gasteiger partial charge is 0.412 e. The van der Waals surface area contributed by atoms with Gasteiger partial charge < -0.3 is 18.9 Å². The number of rotatable bonds is 8. The molecule has 1 aliphatic rings. The first-order valence-corrected chi connectivity index (χ1v) is 10.5. The molecular weight excluding hydrogens is 406 g/mol. The quantitative estimate of drug-likeness (QED) is 0.582. The van der Waals surface area contributed by atoms with E-state index in [1.54, 1.807) is 18.0 Å². The van der Waals surface area contributed by atoms with Crippen LogP contribution in [0.3, 0.4) is 0 Å². The van der Waals surface area contributed by atoms with Crippen molar-refractivity contribution in [2.24, 2.45) is 0 Å². The molecule has 1 saturated heterocycles. The van der Waals surface area contributed by atoms with Crippen molar-refractivity contribution >= 4 is 22.4 Å². The molecule has 3 heterocycles. The van der Waals surface area contributed by atoms with Gasteiger partial charge in [-0.1, -0.05) is 0 Å². The summed E-state index contributed by atoms with van der Waals surface area (Å²) in [4.78, 5) is 11.9. The molecule has 1 fully saturated rings. The number of ether oxygens (including phenoxy) is 4. The van der Waals surface area contributed by atoms with E-state index in [0.717, 1.165) is 22.7 Å². The number of hydrogen-bond acceptors (Lipinski definition) is 7. The molecular formula is C21H23N3O5S. The summed E-state index contributed by atoms with van der Waals surface area (Å²) in [6, 6.07) is 11.4. The first-order chi connectivity index (χ1) is 14.7. The van der Waals surface area contributed by atoms with Gasteiger partial charge in [-0.3, -0.25) is 10.00 Å². The van der Waals surface area contributed by atoms with Crippen LogP contribution in [-0.2, 0) is 16.0 Å². The van der Waals surface area contributed by atoms with Crippen molar-refractivity contribution in [1.82, 2.24) is 9.78 Å². The molecule has 30 heavy (non-hydrogen) atoms. The van der Waals surface area contributed by atoms with E-state index in [4.69, 9.17) is 18.9 Å². The number of aromatic nitrogens is 2. The Hall–Kier alpha value is -3.04. The van der Waals surface area contributed by atoms with Gasteiger partial charge in [-0.15, -0.1) is 11.3 Å². The summed E-state index contributed by atoms with van der Waals surface area (Å²) in [5.74, 6) is 1.34. The molecule has 1 N–H and O–H groups in total. The molecule has 8 nitrogen and oxygen atoms in total. The molecule has 9 heteroatoms. The highest BCUT2D eigenvalue weighted by molar-refractivity contribution is 7.14. The van der Waals surface area contributed by atoms with E-state index < -0.39 is 6.09 Å². The second-order valence-corrected chi connectivity index (χ2v) is 7.59. The normalized spacial score (nSPS) is 15.7. The first kappa shape index (κ1) is 20.2. The predicted molar refractivity (Wildman–Crippen MR) is 113 cm³/mol. The Balaban J connectivity index is 1.41. The molecule has 0 spiro atoms. The second kappa shape index (κ2) is 9.64. The van der Waals surface area contributed by atoms with Crippen LogP contribution in [0.5, 0.6) is 11.5 Å². The molecule has 0 aliphatic carbocycles. The van der Waals surface area contributed by atoms with Crippen LogP contribution in [0.2, 0.25) is 0 Å². The number of carbonyl (C=O) groups excluding carboxylic acids is 1. The summed E-state index contributed by atoms with van der Waals surface area (Å²) in [6.45, 7) is 1.92. The lowest BCUT2D eigenvalue weighted by molar-refractivity contribution is 0.138. The van der Waals surface area contributed by atoms with E-state index in [9.17, 15) is 4.79 Å². The first-order valence-electron chi connectivity index (χ1n) is 9.65. The van der Waals surface area contributed by atoms with Crippen molar-refractivity contribution in [1.29, 1.82) is 0 Å². The zero-order valence-corrected chi connectivity index (χ0v) is 17.4. The number of carbonyl (C=O) groups is 1. The molecule has 1 amide bonds. The lowest BCUT2D eigenvalue weighted by Gasteiger charge is -2.16. The summed E-state index contributed by atoms with van der Waals surface area (Å²) in [7, 11) is 1.62. The lowest BCUT2D eigenvalue weighted by atomic mass is 10.1. The maximum absolute atomic E-state index is 11.9. The van der Waals surface area contributed by atoms with Gasteiger partial charge in [-0.25, -0.2) is 4.79 Å². The zero-order valence-electron chi connectivity index (χ0n) is 16.6. The molecule has 2 aromatic heterocycles. The van der Waals surface area contributed by atoms with Gasteiger partial charge in [-0.05, 0) is 41.8 Å². The summed E-state index contributed by atoms with van der Waals surface area (Å²) >= 11 is 1.44. The zero-order chi connectivity index (χ0) is 20.8. The number of nitrogens with zero attached hydrogens (tertiary/aromatic N) is 2. The third-order valence-corrected chi connectivity index (χ3v) is 5.43. The number of amides is 1. The van der Waals surface area contributed by atoms with E-state index in [2.05, 4.69) is 10.4 Å². The van der Waals surface area contributed by atoms with Gasteiger partial charge in [0.25, 0.3) is 0 Å². The summed E-state index contributed by atoms with van der Waals surface area (Å²) in [5.41, 5.74) is 1.83. The number of anilines is 1. The monoisotopic (exact) mass is 429 g/mol. The lowest BCUT2D eigenvalue weighted by Crippen LogP contribution is -2.17. The van der Waals surface area contributed by atoms with Crippen LogP contribution >= 0.6 is 11.3 Å². The number of thiophene rings is 1. The number of benzene rings is 1. The van der Waals surface area contributed by atoms with Crippen LogP contribution in [0, 0.1) is 0 Å². The predicted octanol–water partition coefficient (Wildman–Crippen LogP) is 4.04. The largest absolute Gasteiger partial charge is 0.493 e. The number of nitrogens with one attached hydrogen (secondary N) is 1. The highest BCUT2D eigenvalue weighted by Gasteiger charge is 2.20. The van der Waals surface area contributed by atoms with Gasteiger partial charge in [0.05, 0.1) is 37.6 Å². The van der Waals surface area contributed by atoms with Crippen molar-refractivity contribution < 1.29 is 23.7 Å². The Kier molecular flexibility index (Phi) is 6.50. The standard InChI is InChI=1S/C21H23N3O5S/c1-26-18-5-4-15(13-19(18)29-16-7-10-27-14-16)17-6-8-22-24(17)9-11-28-21(25)23-20-3-2-12-30-20/h2-6,8,12-13,16H,7,9-11,14H2,1H3,(H,23,25). The van der Waals surface area contributed by atoms with Crippen LogP contribution in [0.25, 0.3) is 11.3 Å². The van der Waals surface area contributed by atoms with Crippen molar-refractivity contribution in [2.45, 2.75) is 19.1 Å². The highest BCUT2D eigenvalue weighted by atomic mass is 32.1. The van der Waals surface area contributed by atoms with Crippen LogP contribution in [0.1, 0.15) is 6.42 Å². The van der Waals surface area contributed by atoms with Crippen molar-refractivity contribution in [3.63, 3.8) is 0 Å². The average Bonchev–Trinajstić information content (AvgIpc) is 3.51. The fourth-order valence-corrected chi connectivity index (χ4v) is 3.78. The highest BCUT2D eigenvalue weighted by Crippen LogP contribution is 2.34. The third-order valence-electron chi connectivity index (χ3n) is 4.64. The van der Waals surface area contributed by atoms with Gasteiger partial charge in [0.15, 0.2) is 11.5 Å². The molecule has 1 aliphatic heterocycles. The van der Waals surface area contributed by atoms with Crippen LogP contribution in [-0.4, -0.2) is 48.9 Å². The fraction of sp³-hybridized carbons (Fsp3) is 0.333. The maximum atomic E-state index is 11.9. The van der Waals surface area contributed by atoms with Crippen molar-refractivity contribution in [2.75, 3.05) is 32.2 Å². The molecule has 158 valence electrons. The SMILES string of the molecule is COc1ccc(-c2ccnn2CCOC(=O)Nc2cccs2)cc1OC1CCOC1. The Morgan fingerprint density at radius 1 is 1.33 bits per heavy atom. The molecule has 0 radical (unpaired) electrons. The molecule has 3 aromatic rings. The minimum Gasteiger partial charge on any atom is -0.493 e. The van der Waals surface area contributed by atoms with Crippen LogP contribution < -0.4 is 14.8 Å². The van der Waals surface area contributed by atoms with Gasteiger partial charge in [0, 0.05) is 18.2 Å². The summed E-state index contributed by atoms with van der Waals surface area (Å²) in [5, 5.41) is 9.68. The summed E-state index contributed by atoms with van der Waals surface area (Å²) in [6.07, 6.45) is 2.12. The van der Waals surface area contributed by atoms with E-state index in [1.807, 2.05) is 41.8 Å². The van der Waals surface area contributed by atoms with E-state index in [-0.39, 0.29) is 12.7 Å². The third kappa shape index (κ3) is 4.92. The molecule has 1 unspecified atom stereocenters. The maximum Gasteiger partial charge on any atom is 0.412 e. The van der Waals surface area contributed by atoms with E-state index >= 15 is 0 Å². The Morgan fingerprint density at radius 3 is 3.03 bits per heavy atom. The molecule has 0 saturated carbocycles. The minimum atomic E-state index is -0.481. The van der Waals surface area contributed by atoms with Gasteiger partial charge >= 0.3 is 6.09 Å². The van der Waals surface area contributed by atoms with Crippen molar-refractivity contribution in [3.8, 4) is 22.8 Å². The van der Waals surface area contributed by atoms with Gasteiger partial charge in [0.2, 0.25) is 0 Å². The molecule has 1 aromatic carbocycles. The van der Waals surface area contributed by atoms with E-state index in [0.29, 0.717) is 31.3 Å². The molecule has 0 bridgehead atoms. The van der Waals surface area contributed by atoms with Crippen LogP contribution in [0.4, 0.5) is 9.80 Å². The molecule has 1 atom stereocenters. The number of methoxy groups -OCH3 is 1.